The van der Waals surface area contributed by atoms with Crippen molar-refractivity contribution < 1.29 is 0 Å². The van der Waals surface area contributed by atoms with Gasteiger partial charge >= 0.3 is 0 Å². The molecule has 0 amide bonds. The predicted octanol–water partition coefficient (Wildman–Crippen LogP) is 2.88. The first-order chi connectivity index (χ1) is 8.25. The first kappa shape index (κ1) is 11.1. The second kappa shape index (κ2) is 4.34. The molecule has 3 rings (SSSR count). The van der Waals surface area contributed by atoms with Crippen LogP contribution in [0, 0.1) is 0 Å². The van der Waals surface area contributed by atoms with Gasteiger partial charge in [0.2, 0.25) is 0 Å². The van der Waals surface area contributed by atoms with Gasteiger partial charge in [-0.3, -0.25) is 0 Å². The zero-order chi connectivity index (χ0) is 11.8. The van der Waals surface area contributed by atoms with Crippen LogP contribution in [0.2, 0.25) is 0 Å². The molecular weight excluding hydrogens is 208 g/mol. The van der Waals surface area contributed by atoms with Crippen molar-refractivity contribution in [2.75, 3.05) is 11.4 Å². The molecule has 2 aliphatic rings. The highest BCUT2D eigenvalue weighted by molar-refractivity contribution is 5.61. The number of hydrogen-bond donors (Lipinski definition) is 1. The lowest BCUT2D eigenvalue weighted by molar-refractivity contribution is 0.384. The van der Waals surface area contributed by atoms with E-state index in [4.69, 9.17) is 5.73 Å². The summed E-state index contributed by atoms with van der Waals surface area (Å²) in [5.74, 6) is 0.645. The van der Waals surface area contributed by atoms with Gasteiger partial charge in [0.1, 0.15) is 0 Å². The molecule has 0 aromatic heterocycles. The largest absolute Gasteiger partial charge is 0.368 e. The normalized spacial score (nSPS) is 25.5. The van der Waals surface area contributed by atoms with E-state index < -0.39 is 0 Å². The van der Waals surface area contributed by atoms with Crippen molar-refractivity contribution >= 4 is 5.69 Å². The van der Waals surface area contributed by atoms with Gasteiger partial charge in [0.15, 0.2) is 0 Å². The molecule has 2 heteroatoms. The molecular formula is C15H22N2. The van der Waals surface area contributed by atoms with Gasteiger partial charge in [-0.1, -0.05) is 18.2 Å². The Morgan fingerprint density at radius 1 is 1.35 bits per heavy atom. The molecule has 1 aliphatic carbocycles. The summed E-state index contributed by atoms with van der Waals surface area (Å²) >= 11 is 0. The molecule has 0 radical (unpaired) electrons. The average Bonchev–Trinajstić information content (AvgIpc) is 2.55. The van der Waals surface area contributed by atoms with Crippen LogP contribution in [0.5, 0.6) is 0 Å². The van der Waals surface area contributed by atoms with Crippen LogP contribution >= 0.6 is 0 Å². The monoisotopic (exact) mass is 230 g/mol. The molecule has 1 aliphatic heterocycles. The number of hydrogen-bond acceptors (Lipinski definition) is 2. The molecule has 2 atom stereocenters. The number of para-hydroxylation sites is 1. The fourth-order valence-electron chi connectivity index (χ4n) is 3.22. The average molecular weight is 230 g/mol. The van der Waals surface area contributed by atoms with Crippen LogP contribution in [0.1, 0.15) is 44.1 Å². The smallest absolute Gasteiger partial charge is 0.0405 e. The van der Waals surface area contributed by atoms with Gasteiger partial charge in [-0.25, -0.2) is 0 Å². The van der Waals surface area contributed by atoms with Crippen molar-refractivity contribution in [3.05, 3.63) is 29.8 Å². The Hall–Kier alpha value is -1.02. The standard InChI is InChI=1S/C15H22N2/c1-11(16)9-12-10-17(13-5-4-6-13)15-8-3-2-7-14(12)15/h2-3,7-8,11-13H,4-6,9-10,16H2,1H3. The number of nitrogens with zero attached hydrogens (tertiary/aromatic N) is 1. The SMILES string of the molecule is CC(N)CC1CN(C2CCC2)c2ccccc21. The molecule has 92 valence electrons. The number of fused-ring (bicyclic) bond motifs is 1. The maximum absolute atomic E-state index is 5.98. The fraction of sp³-hybridized carbons (Fsp3) is 0.600. The van der Waals surface area contributed by atoms with Crippen LogP contribution in [0.25, 0.3) is 0 Å². The molecule has 2 unspecified atom stereocenters. The van der Waals surface area contributed by atoms with Gasteiger partial charge < -0.3 is 10.6 Å². The minimum absolute atomic E-state index is 0.300. The molecule has 2 N–H and O–H groups in total. The molecule has 0 bridgehead atoms. The van der Waals surface area contributed by atoms with Crippen molar-refractivity contribution in [2.45, 2.75) is 50.6 Å². The fourth-order valence-corrected chi connectivity index (χ4v) is 3.22. The van der Waals surface area contributed by atoms with Crippen LogP contribution in [-0.2, 0) is 0 Å². The molecule has 1 saturated carbocycles. The highest BCUT2D eigenvalue weighted by Crippen LogP contribution is 2.42. The number of rotatable bonds is 3. The van der Waals surface area contributed by atoms with E-state index in [2.05, 4.69) is 36.1 Å². The summed E-state index contributed by atoms with van der Waals surface area (Å²) in [6, 6.07) is 10.0. The molecule has 1 aromatic rings. The lowest BCUT2D eigenvalue weighted by Gasteiger charge is -2.37. The summed E-state index contributed by atoms with van der Waals surface area (Å²) in [4.78, 5) is 2.63. The first-order valence-corrected chi connectivity index (χ1v) is 6.87. The Morgan fingerprint density at radius 2 is 2.12 bits per heavy atom. The highest BCUT2D eigenvalue weighted by Gasteiger charge is 2.34. The summed E-state index contributed by atoms with van der Waals surface area (Å²) in [5.41, 5.74) is 8.98. The lowest BCUT2D eigenvalue weighted by Crippen LogP contribution is -2.39. The number of anilines is 1. The van der Waals surface area contributed by atoms with E-state index in [0.29, 0.717) is 12.0 Å². The second-order valence-corrected chi connectivity index (χ2v) is 5.71. The minimum Gasteiger partial charge on any atom is -0.368 e. The van der Waals surface area contributed by atoms with E-state index in [1.54, 1.807) is 0 Å². The molecule has 1 heterocycles. The summed E-state index contributed by atoms with van der Waals surface area (Å²) in [6.45, 7) is 3.31. The summed E-state index contributed by atoms with van der Waals surface area (Å²) in [5, 5.41) is 0. The quantitative estimate of drug-likeness (QED) is 0.865. The lowest BCUT2D eigenvalue weighted by atomic mass is 9.91. The van der Waals surface area contributed by atoms with Gasteiger partial charge in [0, 0.05) is 30.2 Å². The minimum atomic E-state index is 0.300. The van der Waals surface area contributed by atoms with Gasteiger partial charge in [-0.15, -0.1) is 0 Å². The van der Waals surface area contributed by atoms with Crippen molar-refractivity contribution in [2.24, 2.45) is 5.73 Å². The van der Waals surface area contributed by atoms with Gasteiger partial charge in [0.25, 0.3) is 0 Å². The van der Waals surface area contributed by atoms with Gasteiger partial charge in [-0.05, 0) is 44.2 Å². The first-order valence-electron chi connectivity index (χ1n) is 6.87. The zero-order valence-electron chi connectivity index (χ0n) is 10.6. The predicted molar refractivity (Wildman–Crippen MR) is 72.4 cm³/mol. The third-order valence-corrected chi connectivity index (χ3v) is 4.27. The Balaban J connectivity index is 1.86. The Labute approximate surface area is 104 Å². The van der Waals surface area contributed by atoms with Crippen molar-refractivity contribution in [1.82, 2.24) is 0 Å². The third-order valence-electron chi connectivity index (χ3n) is 4.27. The van der Waals surface area contributed by atoms with E-state index >= 15 is 0 Å². The molecule has 2 nitrogen and oxygen atoms in total. The maximum Gasteiger partial charge on any atom is 0.0405 e. The molecule has 1 fully saturated rings. The van der Waals surface area contributed by atoms with Crippen LogP contribution in [0.15, 0.2) is 24.3 Å². The van der Waals surface area contributed by atoms with E-state index in [1.807, 2.05) is 0 Å². The Bertz CT molecular complexity index is 396. The van der Waals surface area contributed by atoms with Crippen LogP contribution in [0.4, 0.5) is 5.69 Å². The summed E-state index contributed by atoms with van der Waals surface area (Å²) in [6.07, 6.45) is 5.26. The number of nitrogens with two attached hydrogens (primary N) is 1. The zero-order valence-corrected chi connectivity index (χ0v) is 10.6. The second-order valence-electron chi connectivity index (χ2n) is 5.71. The van der Waals surface area contributed by atoms with Crippen molar-refractivity contribution in [3.8, 4) is 0 Å². The topological polar surface area (TPSA) is 29.3 Å². The van der Waals surface area contributed by atoms with E-state index in [0.717, 1.165) is 12.5 Å². The van der Waals surface area contributed by atoms with E-state index in [-0.39, 0.29) is 0 Å². The van der Waals surface area contributed by atoms with E-state index in [9.17, 15) is 0 Å². The van der Waals surface area contributed by atoms with Crippen LogP contribution in [-0.4, -0.2) is 18.6 Å². The van der Waals surface area contributed by atoms with Crippen LogP contribution in [0.3, 0.4) is 0 Å². The number of benzene rings is 1. The molecule has 1 aromatic carbocycles. The summed E-state index contributed by atoms with van der Waals surface area (Å²) in [7, 11) is 0. The van der Waals surface area contributed by atoms with E-state index in [1.165, 1.54) is 37.1 Å². The highest BCUT2D eigenvalue weighted by atomic mass is 15.2. The van der Waals surface area contributed by atoms with Crippen molar-refractivity contribution in [1.29, 1.82) is 0 Å². The molecule has 0 spiro atoms. The molecule has 0 saturated heterocycles. The van der Waals surface area contributed by atoms with Gasteiger partial charge in [-0.2, -0.15) is 0 Å². The molecule has 17 heavy (non-hydrogen) atoms. The van der Waals surface area contributed by atoms with Gasteiger partial charge in [0.05, 0.1) is 0 Å². The van der Waals surface area contributed by atoms with Crippen molar-refractivity contribution in [3.63, 3.8) is 0 Å². The Kier molecular flexibility index (Phi) is 2.83. The third kappa shape index (κ3) is 1.95. The Morgan fingerprint density at radius 3 is 2.76 bits per heavy atom. The van der Waals surface area contributed by atoms with Crippen LogP contribution < -0.4 is 10.6 Å². The maximum atomic E-state index is 5.98. The summed E-state index contributed by atoms with van der Waals surface area (Å²) < 4.78 is 0.